The average Bonchev–Trinajstić information content (AvgIpc) is 3.07. The van der Waals surface area contributed by atoms with Crippen LogP contribution < -0.4 is 5.32 Å². The van der Waals surface area contributed by atoms with Crippen molar-refractivity contribution in [1.29, 1.82) is 0 Å². The first-order valence-corrected chi connectivity index (χ1v) is 9.76. The lowest BCUT2D eigenvalue weighted by atomic mass is 10.1. The highest BCUT2D eigenvalue weighted by Crippen LogP contribution is 2.25. The zero-order chi connectivity index (χ0) is 17.3. The van der Waals surface area contributed by atoms with Crippen molar-refractivity contribution in [3.8, 4) is 0 Å². The quantitative estimate of drug-likeness (QED) is 0.914. The van der Waals surface area contributed by atoms with E-state index in [0.29, 0.717) is 24.2 Å². The van der Waals surface area contributed by atoms with Crippen molar-refractivity contribution >= 4 is 15.7 Å². The molecular weight excluding hydrogens is 326 g/mol. The number of nitrogens with zero attached hydrogens (tertiary/aromatic N) is 2. The van der Waals surface area contributed by atoms with Gasteiger partial charge < -0.3 is 5.32 Å². The van der Waals surface area contributed by atoms with Crippen molar-refractivity contribution < 1.29 is 13.2 Å². The Balaban J connectivity index is 1.70. The number of aromatic nitrogens is 2. The van der Waals surface area contributed by atoms with Gasteiger partial charge in [-0.1, -0.05) is 29.8 Å². The first-order valence-electron chi connectivity index (χ1n) is 7.94. The number of hydrogen-bond acceptors (Lipinski definition) is 4. The average molecular weight is 347 g/mol. The van der Waals surface area contributed by atoms with Crippen LogP contribution in [0.25, 0.3) is 0 Å². The third kappa shape index (κ3) is 3.51. The zero-order valence-corrected chi connectivity index (χ0v) is 14.6. The lowest BCUT2D eigenvalue weighted by Crippen LogP contribution is -2.23. The van der Waals surface area contributed by atoms with Crippen LogP contribution in [0.5, 0.6) is 0 Å². The maximum atomic E-state index is 12.4. The molecule has 7 heteroatoms. The highest BCUT2D eigenvalue weighted by atomic mass is 32.2. The molecule has 1 aliphatic rings. The van der Waals surface area contributed by atoms with Crippen LogP contribution in [0.15, 0.2) is 30.5 Å². The number of carbonyl (C=O) groups excluding carboxylic acids is 1. The molecule has 24 heavy (non-hydrogen) atoms. The third-order valence-electron chi connectivity index (χ3n) is 4.38. The molecule has 0 spiro atoms. The molecule has 1 atom stereocenters. The summed E-state index contributed by atoms with van der Waals surface area (Å²) in [4.78, 5) is 12.4. The molecule has 1 N–H and O–H groups in total. The predicted molar refractivity (Wildman–Crippen MR) is 91.6 cm³/mol. The minimum atomic E-state index is -2.98. The summed E-state index contributed by atoms with van der Waals surface area (Å²) in [5.74, 6) is 0.0900. The van der Waals surface area contributed by atoms with E-state index in [1.54, 1.807) is 11.6 Å². The lowest BCUT2D eigenvalue weighted by molar-refractivity contribution is 0.0950. The third-order valence-corrected chi connectivity index (χ3v) is 6.13. The van der Waals surface area contributed by atoms with E-state index in [0.717, 1.165) is 11.1 Å². The van der Waals surface area contributed by atoms with Gasteiger partial charge in [-0.3, -0.25) is 9.48 Å². The number of sulfone groups is 1. The summed E-state index contributed by atoms with van der Waals surface area (Å²) in [5, 5.41) is 7.14. The Hall–Kier alpha value is -2.15. The summed E-state index contributed by atoms with van der Waals surface area (Å²) in [6.07, 6.45) is 2.07. The Bertz CT molecular complexity index is 871. The highest BCUT2D eigenvalue weighted by molar-refractivity contribution is 7.91. The number of carbonyl (C=O) groups is 1. The van der Waals surface area contributed by atoms with Crippen molar-refractivity contribution in [3.63, 3.8) is 0 Å². The Morgan fingerprint density at radius 3 is 2.83 bits per heavy atom. The molecule has 6 nitrogen and oxygen atoms in total. The zero-order valence-electron chi connectivity index (χ0n) is 13.8. The predicted octanol–water partition coefficient (Wildman–Crippen LogP) is 1.79. The number of nitrogens with one attached hydrogen (secondary N) is 1. The minimum Gasteiger partial charge on any atom is -0.348 e. The van der Waals surface area contributed by atoms with Crippen LogP contribution in [-0.2, 0) is 16.4 Å². The van der Waals surface area contributed by atoms with Crippen molar-refractivity contribution in [2.24, 2.45) is 0 Å². The fourth-order valence-corrected chi connectivity index (χ4v) is 4.77. The second-order valence-corrected chi connectivity index (χ2v) is 8.55. The molecular formula is C17H21N3O3S. The first-order chi connectivity index (χ1) is 11.4. The second-order valence-electron chi connectivity index (χ2n) is 6.32. The summed E-state index contributed by atoms with van der Waals surface area (Å²) in [7, 11) is -2.98. The Morgan fingerprint density at radius 2 is 2.17 bits per heavy atom. The number of benzene rings is 1. The molecule has 1 saturated heterocycles. The number of aryl methyl sites for hydroxylation is 1. The Morgan fingerprint density at radius 1 is 1.38 bits per heavy atom. The van der Waals surface area contributed by atoms with E-state index in [2.05, 4.69) is 10.4 Å². The summed E-state index contributed by atoms with van der Waals surface area (Å²) in [5.41, 5.74) is 3.38. The molecule has 1 aliphatic heterocycles. The standard InChI is InChI=1S/C17H21N3O3S/c1-12-4-3-5-14(8-12)9-18-17(21)16-10-19-20(13(16)2)15-6-7-24(22,23)11-15/h3-5,8,10,15H,6-7,9,11H2,1-2H3,(H,18,21). The van der Waals surface area contributed by atoms with E-state index in [1.807, 2.05) is 31.2 Å². The normalized spacial score (nSPS) is 19.3. The van der Waals surface area contributed by atoms with Crippen LogP contribution in [-0.4, -0.2) is 35.6 Å². The van der Waals surface area contributed by atoms with Crippen molar-refractivity contribution in [2.45, 2.75) is 32.9 Å². The van der Waals surface area contributed by atoms with Crippen molar-refractivity contribution in [1.82, 2.24) is 15.1 Å². The van der Waals surface area contributed by atoms with E-state index in [-0.39, 0.29) is 23.5 Å². The molecule has 128 valence electrons. The molecule has 0 saturated carbocycles. The summed E-state index contributed by atoms with van der Waals surface area (Å²) < 4.78 is 24.9. The summed E-state index contributed by atoms with van der Waals surface area (Å²) >= 11 is 0. The van der Waals surface area contributed by atoms with E-state index < -0.39 is 9.84 Å². The topological polar surface area (TPSA) is 81.1 Å². The number of rotatable bonds is 4. The van der Waals surface area contributed by atoms with Crippen molar-refractivity contribution in [3.05, 3.63) is 52.8 Å². The summed E-state index contributed by atoms with van der Waals surface area (Å²) in [6, 6.07) is 7.79. The van der Waals surface area contributed by atoms with E-state index in [4.69, 9.17) is 0 Å². The molecule has 1 unspecified atom stereocenters. The van der Waals surface area contributed by atoms with E-state index in [1.165, 1.54) is 6.20 Å². The van der Waals surface area contributed by atoms with Crippen LogP contribution in [0.1, 0.15) is 39.6 Å². The second kappa shape index (κ2) is 6.39. The fourth-order valence-electron chi connectivity index (χ4n) is 3.08. The van der Waals surface area contributed by atoms with Gasteiger partial charge in [0.2, 0.25) is 0 Å². The molecule has 1 aromatic carbocycles. The minimum absolute atomic E-state index is 0.0971. The fraction of sp³-hybridized carbons (Fsp3) is 0.412. The molecule has 1 amide bonds. The number of amides is 1. The van der Waals surface area contributed by atoms with Gasteiger partial charge in [-0.15, -0.1) is 0 Å². The van der Waals surface area contributed by atoms with Gasteiger partial charge in [0.1, 0.15) is 0 Å². The van der Waals surface area contributed by atoms with Gasteiger partial charge >= 0.3 is 0 Å². The van der Waals surface area contributed by atoms with Gasteiger partial charge in [-0.25, -0.2) is 8.42 Å². The lowest BCUT2D eigenvalue weighted by Gasteiger charge is -2.11. The van der Waals surface area contributed by atoms with Gasteiger partial charge in [0.05, 0.1) is 29.3 Å². The van der Waals surface area contributed by atoms with Crippen LogP contribution >= 0.6 is 0 Å². The molecule has 2 aromatic rings. The van der Waals surface area contributed by atoms with Crippen LogP contribution in [0.3, 0.4) is 0 Å². The molecule has 3 rings (SSSR count). The largest absolute Gasteiger partial charge is 0.348 e. The summed E-state index contributed by atoms with van der Waals surface area (Å²) in [6.45, 7) is 4.26. The molecule has 0 radical (unpaired) electrons. The van der Waals surface area contributed by atoms with Gasteiger partial charge in [0, 0.05) is 12.2 Å². The molecule has 2 heterocycles. The van der Waals surface area contributed by atoms with Crippen molar-refractivity contribution in [2.75, 3.05) is 11.5 Å². The highest BCUT2D eigenvalue weighted by Gasteiger charge is 2.31. The molecule has 1 fully saturated rings. The Labute approximate surface area is 141 Å². The van der Waals surface area contributed by atoms with Crippen LogP contribution in [0, 0.1) is 13.8 Å². The van der Waals surface area contributed by atoms with Gasteiger partial charge in [-0.05, 0) is 25.8 Å². The van der Waals surface area contributed by atoms with Crippen LogP contribution in [0.4, 0.5) is 0 Å². The van der Waals surface area contributed by atoms with Crippen LogP contribution in [0.2, 0.25) is 0 Å². The van der Waals surface area contributed by atoms with Gasteiger partial charge in [0.25, 0.3) is 5.91 Å². The van der Waals surface area contributed by atoms with E-state index in [9.17, 15) is 13.2 Å². The molecule has 0 aliphatic carbocycles. The van der Waals surface area contributed by atoms with E-state index >= 15 is 0 Å². The van der Waals surface area contributed by atoms with Gasteiger partial charge in [-0.2, -0.15) is 5.10 Å². The first kappa shape index (κ1) is 16.7. The van der Waals surface area contributed by atoms with Gasteiger partial charge in [0.15, 0.2) is 9.84 Å². The SMILES string of the molecule is Cc1cccc(CNC(=O)c2cnn(C3CCS(=O)(=O)C3)c2C)c1. The number of hydrogen-bond donors (Lipinski definition) is 1. The molecule has 1 aromatic heterocycles. The smallest absolute Gasteiger partial charge is 0.255 e. The maximum absolute atomic E-state index is 12.4. The Kier molecular flexibility index (Phi) is 4.45. The molecule has 0 bridgehead atoms. The monoisotopic (exact) mass is 347 g/mol. The maximum Gasteiger partial charge on any atom is 0.255 e.